The van der Waals surface area contributed by atoms with Gasteiger partial charge in [0.2, 0.25) is 0 Å². The average Bonchev–Trinajstić information content (AvgIpc) is 3.27. The van der Waals surface area contributed by atoms with Crippen LogP contribution in [0.3, 0.4) is 0 Å². The van der Waals surface area contributed by atoms with E-state index in [0.29, 0.717) is 26.1 Å². The van der Waals surface area contributed by atoms with Crippen molar-refractivity contribution in [1.82, 2.24) is 0 Å². The molecule has 0 radical (unpaired) electrons. The van der Waals surface area contributed by atoms with Crippen molar-refractivity contribution in [2.75, 3.05) is 19.8 Å². The van der Waals surface area contributed by atoms with Crippen molar-refractivity contribution >= 4 is 11.9 Å². The van der Waals surface area contributed by atoms with Gasteiger partial charge in [0.25, 0.3) is 0 Å². The Balaban J connectivity index is 4.16. The van der Waals surface area contributed by atoms with Crippen LogP contribution in [0.4, 0.5) is 0 Å². The number of unbranched alkanes of at least 4 members (excludes halogenated alkanes) is 43. The molecule has 0 heterocycles. The Morgan fingerprint density at radius 2 is 0.532 bits per heavy atom. The number of esters is 2. The molecule has 1 unspecified atom stereocenters. The second-order valence-corrected chi connectivity index (χ2v) is 19.6. The lowest BCUT2D eigenvalue weighted by Gasteiger charge is -2.18. The summed E-state index contributed by atoms with van der Waals surface area (Å²) in [6.07, 6.45) is 61.2. The molecule has 0 aliphatic carbocycles. The monoisotopic (exact) mass is 877 g/mol. The average molecular weight is 878 g/mol. The number of hydrogen-bond donors (Lipinski definition) is 0. The van der Waals surface area contributed by atoms with Crippen molar-refractivity contribution in [3.05, 3.63) is 0 Å². The van der Waals surface area contributed by atoms with Crippen molar-refractivity contribution in [3.63, 3.8) is 0 Å². The Hall–Kier alpha value is -1.10. The molecule has 0 saturated heterocycles. The van der Waals surface area contributed by atoms with Crippen molar-refractivity contribution < 1.29 is 23.8 Å². The first-order chi connectivity index (χ1) is 30.6. The molecule has 0 aliphatic heterocycles. The van der Waals surface area contributed by atoms with Gasteiger partial charge in [-0.2, -0.15) is 0 Å². The second kappa shape index (κ2) is 54.2. The van der Waals surface area contributed by atoms with E-state index in [1.165, 1.54) is 263 Å². The number of carbonyl (C=O) groups is 2. The van der Waals surface area contributed by atoms with Gasteiger partial charge >= 0.3 is 11.9 Å². The smallest absolute Gasteiger partial charge is 0.306 e. The fourth-order valence-electron chi connectivity index (χ4n) is 8.87. The van der Waals surface area contributed by atoms with E-state index in [0.717, 1.165) is 32.1 Å². The molecule has 5 heteroatoms. The molecule has 0 rings (SSSR count). The van der Waals surface area contributed by atoms with Gasteiger partial charge in [-0.25, -0.2) is 0 Å². The highest BCUT2D eigenvalue weighted by molar-refractivity contribution is 5.70. The Morgan fingerprint density at radius 3 is 0.823 bits per heavy atom. The van der Waals surface area contributed by atoms with E-state index in [4.69, 9.17) is 14.2 Å². The molecule has 0 aliphatic rings. The SMILES string of the molecule is CCCCCCCCCCCCCCCCCCCC(=O)OCC(COCCCCCCCCCCCCCCCCCC)OC(=O)CCCCCCCCCCCCCCC. The first kappa shape index (κ1) is 60.9. The van der Waals surface area contributed by atoms with Gasteiger partial charge in [-0.05, 0) is 19.3 Å². The second-order valence-electron chi connectivity index (χ2n) is 19.6. The summed E-state index contributed by atoms with van der Waals surface area (Å²) in [5, 5.41) is 0. The lowest BCUT2D eigenvalue weighted by atomic mass is 10.0. The topological polar surface area (TPSA) is 61.8 Å². The predicted molar refractivity (Wildman–Crippen MR) is 270 cm³/mol. The van der Waals surface area contributed by atoms with E-state index in [1.807, 2.05) is 0 Å². The molecule has 1 atom stereocenters. The molecular weight excluding hydrogens is 765 g/mol. The maximum atomic E-state index is 12.8. The number of carbonyl (C=O) groups excluding carboxylic acids is 2. The van der Waals surface area contributed by atoms with Crippen LogP contribution in [0.2, 0.25) is 0 Å². The highest BCUT2D eigenvalue weighted by Gasteiger charge is 2.17. The van der Waals surface area contributed by atoms with E-state index in [-0.39, 0.29) is 18.5 Å². The van der Waals surface area contributed by atoms with Gasteiger partial charge in [-0.1, -0.05) is 297 Å². The highest BCUT2D eigenvalue weighted by Crippen LogP contribution is 2.17. The first-order valence-electron chi connectivity index (χ1n) is 28.6. The van der Waals surface area contributed by atoms with Crippen LogP contribution < -0.4 is 0 Å². The van der Waals surface area contributed by atoms with Crippen LogP contribution in [0.1, 0.15) is 329 Å². The van der Waals surface area contributed by atoms with Crippen molar-refractivity contribution in [2.24, 2.45) is 0 Å². The molecule has 370 valence electrons. The maximum absolute atomic E-state index is 12.8. The van der Waals surface area contributed by atoms with Crippen molar-refractivity contribution in [3.8, 4) is 0 Å². The van der Waals surface area contributed by atoms with Gasteiger partial charge < -0.3 is 14.2 Å². The standard InChI is InChI=1S/C57H112O5/c1-4-7-10-13-16-19-22-25-27-29-30-33-35-38-41-44-47-50-56(58)61-54-55(62-57(59)51-48-45-42-39-36-32-24-21-18-15-12-9-6-3)53-60-52-49-46-43-40-37-34-31-28-26-23-20-17-14-11-8-5-2/h55H,4-54H2,1-3H3. The van der Waals surface area contributed by atoms with E-state index >= 15 is 0 Å². The third kappa shape index (κ3) is 51.5. The van der Waals surface area contributed by atoms with Crippen LogP contribution in [0.25, 0.3) is 0 Å². The molecule has 0 N–H and O–H groups in total. The maximum Gasteiger partial charge on any atom is 0.306 e. The Bertz CT molecular complexity index is 860. The van der Waals surface area contributed by atoms with Gasteiger partial charge in [-0.3, -0.25) is 9.59 Å². The molecule has 0 spiro atoms. The van der Waals surface area contributed by atoms with E-state index in [9.17, 15) is 9.59 Å². The Morgan fingerprint density at radius 1 is 0.290 bits per heavy atom. The number of ether oxygens (including phenoxy) is 3. The summed E-state index contributed by atoms with van der Waals surface area (Å²) in [5.41, 5.74) is 0. The first-order valence-corrected chi connectivity index (χ1v) is 28.6. The summed E-state index contributed by atoms with van der Waals surface area (Å²) in [6, 6.07) is 0. The zero-order valence-electron chi connectivity index (χ0n) is 42.7. The largest absolute Gasteiger partial charge is 0.462 e. The Labute approximate surface area is 389 Å². The van der Waals surface area contributed by atoms with Gasteiger partial charge in [0, 0.05) is 19.4 Å². The summed E-state index contributed by atoms with van der Waals surface area (Å²) in [7, 11) is 0. The zero-order valence-corrected chi connectivity index (χ0v) is 42.7. The lowest BCUT2D eigenvalue weighted by molar-refractivity contribution is -0.163. The third-order valence-corrected chi connectivity index (χ3v) is 13.1. The van der Waals surface area contributed by atoms with Crippen LogP contribution in [-0.4, -0.2) is 37.9 Å². The van der Waals surface area contributed by atoms with Gasteiger partial charge in [0.05, 0.1) is 6.61 Å². The minimum atomic E-state index is -0.523. The lowest BCUT2D eigenvalue weighted by Crippen LogP contribution is -2.30. The van der Waals surface area contributed by atoms with Crippen molar-refractivity contribution in [2.45, 2.75) is 335 Å². The summed E-state index contributed by atoms with van der Waals surface area (Å²) >= 11 is 0. The fraction of sp³-hybridized carbons (Fsp3) is 0.965. The molecule has 0 aromatic carbocycles. The van der Waals surface area contributed by atoms with Gasteiger partial charge in [0.1, 0.15) is 6.61 Å². The molecule has 0 saturated carbocycles. The molecule has 0 fully saturated rings. The molecule has 62 heavy (non-hydrogen) atoms. The molecular formula is C57H112O5. The zero-order chi connectivity index (χ0) is 44.9. The molecule has 0 bridgehead atoms. The summed E-state index contributed by atoms with van der Waals surface area (Å²) in [6.45, 7) is 7.92. The Kier molecular flexibility index (Phi) is 53.3. The number of rotatable bonds is 54. The molecule has 0 aromatic rings. The predicted octanol–water partition coefficient (Wildman–Crippen LogP) is 19.2. The molecule has 0 aromatic heterocycles. The summed E-state index contributed by atoms with van der Waals surface area (Å²) < 4.78 is 17.5. The minimum Gasteiger partial charge on any atom is -0.462 e. The minimum absolute atomic E-state index is 0.0983. The molecule has 5 nitrogen and oxygen atoms in total. The number of hydrogen-bond acceptors (Lipinski definition) is 5. The summed E-state index contributed by atoms with van der Waals surface area (Å²) in [5.74, 6) is -0.366. The fourth-order valence-corrected chi connectivity index (χ4v) is 8.87. The van der Waals surface area contributed by atoms with E-state index in [1.54, 1.807) is 0 Å². The third-order valence-electron chi connectivity index (χ3n) is 13.1. The van der Waals surface area contributed by atoms with Crippen LogP contribution in [0, 0.1) is 0 Å². The summed E-state index contributed by atoms with van der Waals surface area (Å²) in [4.78, 5) is 25.5. The van der Waals surface area contributed by atoms with Gasteiger partial charge in [-0.15, -0.1) is 0 Å². The normalized spacial score (nSPS) is 12.0. The van der Waals surface area contributed by atoms with Crippen LogP contribution in [0.5, 0.6) is 0 Å². The highest BCUT2D eigenvalue weighted by atomic mass is 16.6. The van der Waals surface area contributed by atoms with E-state index in [2.05, 4.69) is 20.8 Å². The van der Waals surface area contributed by atoms with E-state index < -0.39 is 6.10 Å². The van der Waals surface area contributed by atoms with Crippen LogP contribution >= 0.6 is 0 Å². The quantitative estimate of drug-likeness (QED) is 0.0450. The van der Waals surface area contributed by atoms with Crippen LogP contribution in [0.15, 0.2) is 0 Å². The van der Waals surface area contributed by atoms with Crippen molar-refractivity contribution in [1.29, 1.82) is 0 Å². The van der Waals surface area contributed by atoms with Crippen LogP contribution in [-0.2, 0) is 23.8 Å². The van der Waals surface area contributed by atoms with Gasteiger partial charge in [0.15, 0.2) is 6.10 Å². The molecule has 0 amide bonds.